The second-order valence-corrected chi connectivity index (χ2v) is 10.1. The van der Waals surface area contributed by atoms with E-state index < -0.39 is 11.8 Å². The normalized spacial score (nSPS) is 11.0. The lowest BCUT2D eigenvalue weighted by atomic mass is 10.1. The molecule has 5 aromatic rings. The minimum atomic E-state index is -0.746. The molecule has 0 aliphatic rings. The molecule has 39 heavy (non-hydrogen) atoms. The van der Waals surface area contributed by atoms with E-state index in [2.05, 4.69) is 46.7 Å². The second kappa shape index (κ2) is 10.9. The molecule has 0 spiro atoms. The summed E-state index contributed by atoms with van der Waals surface area (Å²) in [5.41, 5.74) is 7.71. The van der Waals surface area contributed by atoms with Gasteiger partial charge in [0, 0.05) is 26.8 Å². The highest BCUT2D eigenvalue weighted by atomic mass is 79.9. The fraction of sp³-hybridized carbons (Fsp3) is 0.0800. The van der Waals surface area contributed by atoms with E-state index in [9.17, 15) is 9.59 Å². The maximum absolute atomic E-state index is 13.8. The number of nitrogens with two attached hydrogens (primary N) is 1. The van der Waals surface area contributed by atoms with Gasteiger partial charge >= 0.3 is 0 Å². The van der Waals surface area contributed by atoms with Gasteiger partial charge in [0.2, 0.25) is 5.82 Å². The van der Waals surface area contributed by atoms with Gasteiger partial charge in [0.25, 0.3) is 11.8 Å². The van der Waals surface area contributed by atoms with Gasteiger partial charge < -0.3 is 11.1 Å². The minimum absolute atomic E-state index is 0.0546. The summed E-state index contributed by atoms with van der Waals surface area (Å²) >= 11 is 15.9. The van der Waals surface area contributed by atoms with E-state index >= 15 is 0 Å². The number of aromatic nitrogens is 7. The third-order valence-corrected chi connectivity index (χ3v) is 6.71. The number of aryl methyl sites for hydroxylation is 1. The Kier molecular flexibility index (Phi) is 7.42. The zero-order chi connectivity index (χ0) is 27.7. The monoisotopic (exact) mass is 625 g/mol. The number of hydrogen-bond acceptors (Lipinski definition) is 7. The fourth-order valence-corrected chi connectivity index (χ4v) is 4.63. The van der Waals surface area contributed by atoms with Crippen molar-refractivity contribution in [3.05, 3.63) is 97.8 Å². The van der Waals surface area contributed by atoms with Crippen molar-refractivity contribution in [2.24, 2.45) is 5.73 Å². The predicted octanol–water partition coefficient (Wildman–Crippen LogP) is 4.70. The Morgan fingerprint density at radius 3 is 2.62 bits per heavy atom. The second-order valence-electron chi connectivity index (χ2n) is 8.35. The van der Waals surface area contributed by atoms with Crippen molar-refractivity contribution in [3.8, 4) is 17.2 Å². The topological polar surface area (TPSA) is 146 Å². The van der Waals surface area contributed by atoms with Crippen molar-refractivity contribution in [3.63, 3.8) is 0 Å². The lowest BCUT2D eigenvalue weighted by molar-refractivity contribution is 0.100. The maximum atomic E-state index is 13.8. The van der Waals surface area contributed by atoms with Gasteiger partial charge in [-0.2, -0.15) is 9.90 Å². The first-order valence-electron chi connectivity index (χ1n) is 11.3. The zero-order valence-corrected chi connectivity index (χ0v) is 23.2. The van der Waals surface area contributed by atoms with Gasteiger partial charge in [0.15, 0.2) is 5.82 Å². The summed E-state index contributed by atoms with van der Waals surface area (Å²) < 4.78 is 2.24. The summed E-state index contributed by atoms with van der Waals surface area (Å²) in [6.45, 7) is 1.75. The van der Waals surface area contributed by atoms with Crippen molar-refractivity contribution in [2.45, 2.75) is 13.5 Å². The van der Waals surface area contributed by atoms with Crippen LogP contribution in [-0.2, 0) is 6.54 Å². The van der Waals surface area contributed by atoms with E-state index in [1.54, 1.807) is 25.1 Å². The Balaban J connectivity index is 1.55. The Bertz CT molecular complexity index is 1720. The molecule has 0 unspecified atom stereocenters. The summed E-state index contributed by atoms with van der Waals surface area (Å²) in [7, 11) is 0. The summed E-state index contributed by atoms with van der Waals surface area (Å²) in [6, 6.07) is 13.8. The number of pyridine rings is 1. The fourth-order valence-electron chi connectivity index (χ4n) is 3.89. The number of tetrazole rings is 1. The molecule has 0 radical (unpaired) electrons. The lowest BCUT2D eigenvalue weighted by Gasteiger charge is -2.15. The Morgan fingerprint density at radius 1 is 1.13 bits per heavy atom. The molecule has 0 saturated carbocycles. The van der Waals surface area contributed by atoms with Crippen LogP contribution in [0.25, 0.3) is 17.2 Å². The molecule has 3 heterocycles. The van der Waals surface area contributed by atoms with Crippen molar-refractivity contribution >= 4 is 56.6 Å². The van der Waals surface area contributed by atoms with Crippen LogP contribution in [0.5, 0.6) is 0 Å². The molecule has 0 aliphatic carbocycles. The third kappa shape index (κ3) is 5.53. The van der Waals surface area contributed by atoms with Gasteiger partial charge in [-0.15, -0.1) is 10.2 Å². The molecular weight excluding hydrogens is 609 g/mol. The summed E-state index contributed by atoms with van der Waals surface area (Å²) in [5, 5.41) is 20.4. The summed E-state index contributed by atoms with van der Waals surface area (Å²) in [6.07, 6.45) is 3.02. The Morgan fingerprint density at radius 2 is 1.90 bits per heavy atom. The van der Waals surface area contributed by atoms with Gasteiger partial charge in [-0.05, 0) is 66.2 Å². The molecule has 196 valence electrons. The van der Waals surface area contributed by atoms with Crippen molar-refractivity contribution in [1.29, 1.82) is 0 Å². The highest BCUT2D eigenvalue weighted by Crippen LogP contribution is 2.28. The molecule has 11 nitrogen and oxygen atoms in total. The smallest absolute Gasteiger partial charge is 0.274 e. The van der Waals surface area contributed by atoms with Crippen LogP contribution in [0.15, 0.2) is 65.4 Å². The number of anilines is 1. The molecule has 14 heteroatoms. The first-order valence-corrected chi connectivity index (χ1v) is 12.9. The average molecular weight is 627 g/mol. The largest absolute Gasteiger partial charge is 0.366 e. The number of halogens is 3. The van der Waals surface area contributed by atoms with Crippen LogP contribution in [0.3, 0.4) is 0 Å². The summed E-state index contributed by atoms with van der Waals surface area (Å²) in [5.74, 6) is -0.688. The number of nitrogens with zero attached hydrogens (tertiary/aromatic N) is 7. The Hall–Kier alpha value is -4.13. The summed E-state index contributed by atoms with van der Waals surface area (Å²) in [4.78, 5) is 31.5. The van der Waals surface area contributed by atoms with E-state index in [1.165, 1.54) is 27.9 Å². The van der Waals surface area contributed by atoms with Gasteiger partial charge in [0.1, 0.15) is 5.69 Å². The van der Waals surface area contributed by atoms with Gasteiger partial charge in [0.05, 0.1) is 29.0 Å². The van der Waals surface area contributed by atoms with E-state index in [-0.39, 0.29) is 34.3 Å². The molecular formula is C25H18BrCl2N9O2. The molecule has 3 aromatic heterocycles. The molecule has 0 aliphatic heterocycles. The molecule has 0 fully saturated rings. The highest BCUT2D eigenvalue weighted by molar-refractivity contribution is 9.10. The van der Waals surface area contributed by atoms with Crippen LogP contribution in [0, 0.1) is 6.92 Å². The lowest BCUT2D eigenvalue weighted by Crippen LogP contribution is -2.23. The SMILES string of the molecule is Cc1cc(Cl)cc(C(N)=O)c1NC(=O)c1c(Cn2nnc(-c3ccc(Br)cc3)n2)cnn1-c1ncccc1Cl. The van der Waals surface area contributed by atoms with Crippen LogP contribution < -0.4 is 11.1 Å². The number of benzene rings is 2. The number of amides is 2. The number of nitrogens with one attached hydrogen (secondary N) is 1. The number of carbonyl (C=O) groups excluding carboxylic acids is 2. The molecule has 2 aromatic carbocycles. The van der Waals surface area contributed by atoms with Gasteiger partial charge in [-0.3, -0.25) is 9.59 Å². The van der Waals surface area contributed by atoms with Crippen molar-refractivity contribution < 1.29 is 9.59 Å². The Labute approximate surface area is 240 Å². The first kappa shape index (κ1) is 26.5. The van der Waals surface area contributed by atoms with Crippen LogP contribution >= 0.6 is 39.1 Å². The molecule has 0 saturated heterocycles. The standard InChI is InChI=1S/C25H18BrCl2N9O2/c1-13-9-17(27)10-18(22(29)38)20(13)32-25(39)21-15(11-31-37(21)24-19(28)3-2-8-30-24)12-36-34-23(33-35-36)14-4-6-16(26)7-5-14/h2-11H,12H2,1H3,(H2,29,38)(H,32,39). The number of carbonyl (C=O) groups is 2. The number of primary amides is 1. The first-order chi connectivity index (χ1) is 18.7. The van der Waals surface area contributed by atoms with Crippen molar-refractivity contribution in [2.75, 3.05) is 5.32 Å². The van der Waals surface area contributed by atoms with Crippen LogP contribution in [-0.4, -0.2) is 46.8 Å². The van der Waals surface area contributed by atoms with E-state index in [0.717, 1.165) is 10.0 Å². The van der Waals surface area contributed by atoms with E-state index in [4.69, 9.17) is 28.9 Å². The number of rotatable bonds is 7. The molecule has 3 N–H and O–H groups in total. The highest BCUT2D eigenvalue weighted by Gasteiger charge is 2.25. The predicted molar refractivity (Wildman–Crippen MR) is 149 cm³/mol. The number of hydrogen-bond donors (Lipinski definition) is 2. The average Bonchev–Trinajstić information content (AvgIpc) is 3.53. The van der Waals surface area contributed by atoms with Crippen LogP contribution in [0.2, 0.25) is 10.0 Å². The quantitative estimate of drug-likeness (QED) is 0.266. The molecule has 0 bridgehead atoms. The van der Waals surface area contributed by atoms with Gasteiger partial charge in [-0.25, -0.2) is 9.67 Å². The molecule has 5 rings (SSSR count). The van der Waals surface area contributed by atoms with Gasteiger partial charge in [-0.1, -0.05) is 39.1 Å². The minimum Gasteiger partial charge on any atom is -0.366 e. The van der Waals surface area contributed by atoms with Crippen molar-refractivity contribution in [1.82, 2.24) is 35.0 Å². The molecule has 0 atom stereocenters. The zero-order valence-electron chi connectivity index (χ0n) is 20.1. The third-order valence-electron chi connectivity index (χ3n) is 5.67. The van der Waals surface area contributed by atoms with E-state index in [0.29, 0.717) is 22.0 Å². The maximum Gasteiger partial charge on any atom is 0.274 e. The molecule has 2 amide bonds. The van der Waals surface area contributed by atoms with E-state index in [1.807, 2.05) is 24.3 Å². The van der Waals surface area contributed by atoms with Crippen LogP contribution in [0.1, 0.15) is 32.0 Å². The van der Waals surface area contributed by atoms with Crippen LogP contribution in [0.4, 0.5) is 5.69 Å².